The van der Waals surface area contributed by atoms with E-state index in [1.165, 1.54) is 64.2 Å². The summed E-state index contributed by atoms with van der Waals surface area (Å²) < 4.78 is 5.54. The fourth-order valence-electron chi connectivity index (χ4n) is 6.45. The quantitative estimate of drug-likeness (QED) is 0.182. The largest absolute Gasteiger partial charge is 0.423 e. The van der Waals surface area contributed by atoms with E-state index in [0.29, 0.717) is 28.6 Å². The van der Waals surface area contributed by atoms with Gasteiger partial charge in [0.1, 0.15) is 5.75 Å². The van der Waals surface area contributed by atoms with Crippen LogP contribution in [0.5, 0.6) is 5.75 Å². The van der Waals surface area contributed by atoms with Gasteiger partial charge in [0.05, 0.1) is 5.56 Å². The first kappa shape index (κ1) is 24.6. The molecule has 2 saturated carbocycles. The first-order valence-corrected chi connectivity index (χ1v) is 13.5. The van der Waals surface area contributed by atoms with Gasteiger partial charge < -0.3 is 16.2 Å². The van der Waals surface area contributed by atoms with Gasteiger partial charge in [0.2, 0.25) is 0 Å². The smallest absolute Gasteiger partial charge is 0.343 e. The Morgan fingerprint density at radius 3 is 2.03 bits per heavy atom. The van der Waals surface area contributed by atoms with Crippen molar-refractivity contribution in [1.82, 2.24) is 0 Å². The van der Waals surface area contributed by atoms with Crippen molar-refractivity contribution < 1.29 is 9.53 Å². The van der Waals surface area contributed by atoms with Gasteiger partial charge in [0, 0.05) is 29.1 Å². The molecule has 184 valence electrons. The predicted molar refractivity (Wildman–Crippen MR) is 141 cm³/mol. The van der Waals surface area contributed by atoms with E-state index < -0.39 is 5.97 Å². The van der Waals surface area contributed by atoms with Crippen LogP contribution in [0.25, 0.3) is 0 Å². The van der Waals surface area contributed by atoms with Gasteiger partial charge in [-0.1, -0.05) is 63.6 Å². The lowest BCUT2D eigenvalue weighted by molar-refractivity contribution is 0.0735. The number of unbranched alkanes of at least 4 members (excludes halogenated alkanes) is 2. The Balaban J connectivity index is 1.30. The van der Waals surface area contributed by atoms with Gasteiger partial charge in [-0.25, -0.2) is 4.79 Å². The highest BCUT2D eigenvalue weighted by atomic mass is 16.5. The first-order chi connectivity index (χ1) is 16.5. The van der Waals surface area contributed by atoms with E-state index in [9.17, 15) is 4.79 Å². The SMILES string of the molecule is CCCCCC1CCC(C2CCC(c3c(N)cc(OC(=O)c4ccccc4)cc3N)CC2)CC1. The van der Waals surface area contributed by atoms with Crippen LogP contribution in [0.4, 0.5) is 11.4 Å². The van der Waals surface area contributed by atoms with Gasteiger partial charge >= 0.3 is 5.97 Å². The van der Waals surface area contributed by atoms with E-state index in [1.807, 2.05) is 18.2 Å². The Kier molecular flexibility index (Phi) is 8.53. The highest BCUT2D eigenvalue weighted by molar-refractivity contribution is 5.91. The van der Waals surface area contributed by atoms with E-state index in [-0.39, 0.29) is 0 Å². The zero-order chi connectivity index (χ0) is 23.9. The van der Waals surface area contributed by atoms with Crippen LogP contribution < -0.4 is 16.2 Å². The summed E-state index contributed by atoms with van der Waals surface area (Å²) in [5, 5.41) is 0. The third-order valence-corrected chi connectivity index (χ3v) is 8.39. The molecule has 0 aromatic heterocycles. The van der Waals surface area contributed by atoms with E-state index in [1.54, 1.807) is 24.3 Å². The molecule has 34 heavy (non-hydrogen) atoms. The number of hydrogen-bond donors (Lipinski definition) is 2. The molecule has 4 rings (SSSR count). The second-order valence-corrected chi connectivity index (χ2v) is 10.7. The Labute approximate surface area is 205 Å². The van der Waals surface area contributed by atoms with E-state index >= 15 is 0 Å². The summed E-state index contributed by atoms with van der Waals surface area (Å²) in [5.41, 5.74) is 15.7. The Hall–Kier alpha value is -2.49. The Morgan fingerprint density at radius 1 is 0.853 bits per heavy atom. The molecule has 2 aliphatic carbocycles. The maximum Gasteiger partial charge on any atom is 0.343 e. The molecule has 0 heterocycles. The van der Waals surface area contributed by atoms with Crippen LogP contribution >= 0.6 is 0 Å². The van der Waals surface area contributed by atoms with Crippen molar-refractivity contribution >= 4 is 17.3 Å². The molecular formula is C30H42N2O2. The molecule has 0 saturated heterocycles. The molecule has 0 amide bonds. The summed E-state index contributed by atoms with van der Waals surface area (Å²) in [7, 11) is 0. The third kappa shape index (κ3) is 6.14. The number of nitrogens with two attached hydrogens (primary N) is 2. The minimum atomic E-state index is -0.396. The zero-order valence-corrected chi connectivity index (χ0v) is 20.8. The van der Waals surface area contributed by atoms with Gasteiger partial charge in [-0.2, -0.15) is 0 Å². The molecule has 0 bridgehead atoms. The summed E-state index contributed by atoms with van der Waals surface area (Å²) in [6.45, 7) is 2.30. The molecule has 2 aromatic rings. The number of esters is 1. The average molecular weight is 463 g/mol. The van der Waals surface area contributed by atoms with Crippen molar-refractivity contribution in [3.63, 3.8) is 0 Å². The molecule has 0 atom stereocenters. The van der Waals surface area contributed by atoms with E-state index in [2.05, 4.69) is 6.92 Å². The van der Waals surface area contributed by atoms with Gasteiger partial charge in [-0.3, -0.25) is 0 Å². The predicted octanol–water partition coefficient (Wildman–Crippen LogP) is 7.73. The van der Waals surface area contributed by atoms with Crippen LogP contribution in [0.15, 0.2) is 42.5 Å². The highest BCUT2D eigenvalue weighted by Crippen LogP contribution is 2.47. The standard InChI is InChI=1S/C30H42N2O2/c1-2-3-5-8-21-11-13-22(14-12-21)23-15-17-24(18-16-23)29-27(31)19-26(20-28(29)32)34-30(33)25-9-6-4-7-10-25/h4,6-7,9-10,19-24H,2-3,5,8,11-18,31-32H2,1H3. The summed E-state index contributed by atoms with van der Waals surface area (Å²) in [5.74, 6) is 3.18. The second kappa shape index (κ2) is 11.8. The molecule has 2 aliphatic rings. The van der Waals surface area contributed by atoms with Gasteiger partial charge in [-0.05, 0) is 74.3 Å². The van der Waals surface area contributed by atoms with Crippen LogP contribution in [0.3, 0.4) is 0 Å². The number of nitrogen functional groups attached to an aromatic ring is 2. The summed E-state index contributed by atoms with van der Waals surface area (Å²) in [4.78, 5) is 12.4. The van der Waals surface area contributed by atoms with Crippen LogP contribution in [-0.4, -0.2) is 5.97 Å². The normalized spacial score (nSPS) is 25.1. The van der Waals surface area contributed by atoms with Crippen LogP contribution in [0, 0.1) is 17.8 Å². The maximum absolute atomic E-state index is 12.4. The van der Waals surface area contributed by atoms with Crippen molar-refractivity contribution in [1.29, 1.82) is 0 Å². The van der Waals surface area contributed by atoms with Gasteiger partial charge in [0.15, 0.2) is 0 Å². The average Bonchev–Trinajstić information content (AvgIpc) is 2.85. The van der Waals surface area contributed by atoms with Crippen LogP contribution in [-0.2, 0) is 0 Å². The zero-order valence-electron chi connectivity index (χ0n) is 20.8. The number of anilines is 2. The summed E-state index contributed by atoms with van der Waals surface area (Å²) in [6, 6.07) is 12.5. The molecular weight excluding hydrogens is 420 g/mol. The Morgan fingerprint density at radius 2 is 1.44 bits per heavy atom. The monoisotopic (exact) mass is 462 g/mol. The molecule has 4 nitrogen and oxygen atoms in total. The number of ether oxygens (including phenoxy) is 1. The lowest BCUT2D eigenvalue weighted by atomic mass is 9.67. The van der Waals surface area contributed by atoms with E-state index in [4.69, 9.17) is 16.2 Å². The lowest BCUT2D eigenvalue weighted by Crippen LogP contribution is -2.26. The fraction of sp³-hybridized carbons (Fsp3) is 0.567. The van der Waals surface area contributed by atoms with Crippen molar-refractivity contribution in [3.05, 3.63) is 53.6 Å². The van der Waals surface area contributed by atoms with Crippen LogP contribution in [0.2, 0.25) is 0 Å². The summed E-state index contributed by atoms with van der Waals surface area (Å²) >= 11 is 0. The van der Waals surface area contributed by atoms with E-state index in [0.717, 1.165) is 36.2 Å². The highest BCUT2D eigenvalue weighted by Gasteiger charge is 2.32. The topological polar surface area (TPSA) is 78.3 Å². The Bertz CT molecular complexity index is 903. The summed E-state index contributed by atoms with van der Waals surface area (Å²) in [6.07, 6.45) is 16.2. The maximum atomic E-state index is 12.4. The molecule has 4 heteroatoms. The van der Waals surface area contributed by atoms with Crippen molar-refractivity contribution in [3.8, 4) is 5.75 Å². The molecule has 0 unspecified atom stereocenters. The molecule has 0 aliphatic heterocycles. The fourth-order valence-corrected chi connectivity index (χ4v) is 6.45. The van der Waals surface area contributed by atoms with Crippen molar-refractivity contribution in [2.45, 2.75) is 89.9 Å². The number of rotatable bonds is 8. The number of hydrogen-bond acceptors (Lipinski definition) is 4. The minimum absolute atomic E-state index is 0.396. The molecule has 0 radical (unpaired) electrons. The lowest BCUT2D eigenvalue weighted by Gasteiger charge is -2.38. The minimum Gasteiger partial charge on any atom is -0.423 e. The van der Waals surface area contributed by atoms with Crippen molar-refractivity contribution in [2.24, 2.45) is 17.8 Å². The number of carbonyl (C=O) groups is 1. The molecule has 4 N–H and O–H groups in total. The third-order valence-electron chi connectivity index (χ3n) is 8.39. The number of benzene rings is 2. The molecule has 2 aromatic carbocycles. The second-order valence-electron chi connectivity index (χ2n) is 10.7. The molecule has 2 fully saturated rings. The van der Waals surface area contributed by atoms with Crippen LogP contribution in [0.1, 0.15) is 106 Å². The van der Waals surface area contributed by atoms with Gasteiger partial charge in [0.25, 0.3) is 0 Å². The number of carbonyl (C=O) groups excluding carboxylic acids is 1. The molecule has 0 spiro atoms. The first-order valence-electron chi connectivity index (χ1n) is 13.5. The van der Waals surface area contributed by atoms with Gasteiger partial charge in [-0.15, -0.1) is 0 Å². The van der Waals surface area contributed by atoms with Crippen molar-refractivity contribution in [2.75, 3.05) is 11.5 Å².